The van der Waals surface area contributed by atoms with Crippen molar-refractivity contribution in [1.82, 2.24) is 5.32 Å². The molecule has 0 atom stereocenters. The summed E-state index contributed by atoms with van der Waals surface area (Å²) in [4.78, 5) is 0. The second kappa shape index (κ2) is 9.50. The first-order valence-corrected chi connectivity index (χ1v) is 4.41. The molecule has 2 heteroatoms. The molecule has 0 aliphatic carbocycles. The average molecular weight is 157 g/mol. The van der Waals surface area contributed by atoms with Crippen LogP contribution in [-0.4, -0.2) is 18.3 Å². The summed E-state index contributed by atoms with van der Waals surface area (Å²) in [6.45, 7) is 3.07. The average Bonchev–Trinajstić information content (AvgIpc) is 2.03. The fraction of sp³-hybridized carbons (Fsp3) is 0.778. The Kier molecular flexibility index (Phi) is 9.07. The highest BCUT2D eigenvalue weighted by Gasteiger charge is 1.80. The summed E-state index contributed by atoms with van der Waals surface area (Å²) >= 11 is 0. The number of unbranched alkanes of at least 4 members (excludes halogenated alkanes) is 3. The predicted molar refractivity (Wildman–Crippen MR) is 48.4 cm³/mol. The van der Waals surface area contributed by atoms with Crippen LogP contribution in [0.1, 0.15) is 32.6 Å². The van der Waals surface area contributed by atoms with Crippen molar-refractivity contribution in [2.24, 2.45) is 0 Å². The molecule has 11 heavy (non-hydrogen) atoms. The van der Waals surface area contributed by atoms with Crippen molar-refractivity contribution in [2.75, 3.05) is 13.2 Å². The highest BCUT2D eigenvalue weighted by atomic mass is 16.3. The van der Waals surface area contributed by atoms with Gasteiger partial charge in [-0.1, -0.05) is 25.8 Å². The van der Waals surface area contributed by atoms with Gasteiger partial charge in [-0.2, -0.15) is 0 Å². The van der Waals surface area contributed by atoms with Gasteiger partial charge >= 0.3 is 0 Å². The van der Waals surface area contributed by atoms with E-state index in [-0.39, 0.29) is 6.61 Å². The van der Waals surface area contributed by atoms with E-state index in [9.17, 15) is 0 Å². The monoisotopic (exact) mass is 157 g/mol. The van der Waals surface area contributed by atoms with E-state index < -0.39 is 0 Å². The lowest BCUT2D eigenvalue weighted by Gasteiger charge is -1.94. The Labute approximate surface area is 69.3 Å². The highest BCUT2D eigenvalue weighted by molar-refractivity contribution is 4.78. The third-order valence-electron chi connectivity index (χ3n) is 1.47. The lowest BCUT2D eigenvalue weighted by atomic mass is 10.2. The topological polar surface area (TPSA) is 32.3 Å². The van der Waals surface area contributed by atoms with Crippen LogP contribution in [0.3, 0.4) is 0 Å². The number of aliphatic hydroxyl groups excluding tert-OH is 1. The Morgan fingerprint density at radius 1 is 1.36 bits per heavy atom. The van der Waals surface area contributed by atoms with Gasteiger partial charge in [-0.15, -0.1) is 0 Å². The van der Waals surface area contributed by atoms with Crippen LogP contribution in [0.25, 0.3) is 0 Å². The molecule has 0 saturated heterocycles. The lowest BCUT2D eigenvalue weighted by molar-refractivity contribution is 0.298. The van der Waals surface area contributed by atoms with Crippen LogP contribution in [0, 0.1) is 0 Å². The van der Waals surface area contributed by atoms with Gasteiger partial charge in [-0.25, -0.2) is 0 Å². The normalized spacial score (nSPS) is 10.7. The van der Waals surface area contributed by atoms with E-state index in [1.807, 2.05) is 6.20 Å². The molecule has 0 aliphatic heterocycles. The minimum atomic E-state index is 0.208. The smallest absolute Gasteiger partial charge is 0.0603 e. The predicted octanol–water partition coefficient (Wildman–Crippen LogP) is 1.66. The molecule has 0 aromatic rings. The molecule has 0 bridgehead atoms. The maximum Gasteiger partial charge on any atom is 0.0603 e. The molecule has 0 fully saturated rings. The molecule has 0 radical (unpaired) electrons. The Morgan fingerprint density at radius 3 is 2.82 bits per heavy atom. The summed E-state index contributed by atoms with van der Waals surface area (Å²) in [6.07, 6.45) is 9.04. The molecule has 66 valence electrons. The molecule has 0 aliphatic rings. The molecular weight excluding hydrogens is 138 g/mol. The van der Waals surface area contributed by atoms with Crippen molar-refractivity contribution in [3.05, 3.63) is 12.3 Å². The Morgan fingerprint density at radius 2 is 2.18 bits per heavy atom. The molecule has 0 spiro atoms. The van der Waals surface area contributed by atoms with Gasteiger partial charge in [0.05, 0.1) is 6.61 Å². The SMILES string of the molecule is CCCCCC=CNCCO. The lowest BCUT2D eigenvalue weighted by Crippen LogP contribution is -2.10. The van der Waals surface area contributed by atoms with Crippen molar-refractivity contribution in [1.29, 1.82) is 0 Å². The van der Waals surface area contributed by atoms with Gasteiger partial charge < -0.3 is 10.4 Å². The molecular formula is C9H19NO. The zero-order valence-corrected chi connectivity index (χ0v) is 7.34. The van der Waals surface area contributed by atoms with E-state index in [2.05, 4.69) is 18.3 Å². The third kappa shape index (κ3) is 9.50. The number of hydrogen-bond acceptors (Lipinski definition) is 2. The zero-order valence-electron chi connectivity index (χ0n) is 7.34. The Bertz CT molecular complexity index is 91.6. The number of allylic oxidation sites excluding steroid dienone is 1. The van der Waals surface area contributed by atoms with Crippen molar-refractivity contribution < 1.29 is 5.11 Å². The number of hydrogen-bond donors (Lipinski definition) is 2. The van der Waals surface area contributed by atoms with Crippen LogP contribution in [0.2, 0.25) is 0 Å². The van der Waals surface area contributed by atoms with Crippen molar-refractivity contribution in [3.8, 4) is 0 Å². The van der Waals surface area contributed by atoms with Gasteiger partial charge in [0, 0.05) is 6.54 Å². The van der Waals surface area contributed by atoms with Gasteiger partial charge in [0.1, 0.15) is 0 Å². The summed E-state index contributed by atoms with van der Waals surface area (Å²) < 4.78 is 0. The van der Waals surface area contributed by atoms with Gasteiger partial charge in [0.25, 0.3) is 0 Å². The van der Waals surface area contributed by atoms with E-state index in [0.29, 0.717) is 6.54 Å². The molecule has 0 unspecified atom stereocenters. The second-order valence-electron chi connectivity index (χ2n) is 2.58. The molecule has 0 amide bonds. The van der Waals surface area contributed by atoms with Gasteiger partial charge in [0.15, 0.2) is 0 Å². The first kappa shape index (κ1) is 10.5. The first-order valence-electron chi connectivity index (χ1n) is 4.41. The van der Waals surface area contributed by atoms with Crippen LogP contribution >= 0.6 is 0 Å². The van der Waals surface area contributed by atoms with Crippen LogP contribution < -0.4 is 5.32 Å². The van der Waals surface area contributed by atoms with E-state index in [1.54, 1.807) is 0 Å². The number of rotatable bonds is 7. The van der Waals surface area contributed by atoms with Crippen LogP contribution in [0.5, 0.6) is 0 Å². The van der Waals surface area contributed by atoms with E-state index >= 15 is 0 Å². The largest absolute Gasteiger partial charge is 0.395 e. The molecule has 0 aromatic carbocycles. The van der Waals surface area contributed by atoms with E-state index in [4.69, 9.17) is 5.11 Å². The van der Waals surface area contributed by atoms with Gasteiger partial charge in [-0.05, 0) is 19.0 Å². The summed E-state index contributed by atoms with van der Waals surface area (Å²) in [7, 11) is 0. The quantitative estimate of drug-likeness (QED) is 0.551. The molecule has 0 heterocycles. The highest BCUT2D eigenvalue weighted by Crippen LogP contribution is 1.98. The standard InChI is InChI=1S/C9H19NO/c1-2-3-4-5-6-7-10-8-9-11/h6-7,10-11H,2-5,8-9H2,1H3. The summed E-state index contributed by atoms with van der Waals surface area (Å²) in [5.74, 6) is 0. The summed E-state index contributed by atoms with van der Waals surface area (Å²) in [6, 6.07) is 0. The zero-order chi connectivity index (χ0) is 8.36. The van der Waals surface area contributed by atoms with Crippen molar-refractivity contribution in [3.63, 3.8) is 0 Å². The molecule has 0 aromatic heterocycles. The molecule has 2 N–H and O–H groups in total. The van der Waals surface area contributed by atoms with Crippen LogP contribution in [0.4, 0.5) is 0 Å². The first-order chi connectivity index (χ1) is 5.41. The van der Waals surface area contributed by atoms with Crippen molar-refractivity contribution in [2.45, 2.75) is 32.6 Å². The fourth-order valence-corrected chi connectivity index (χ4v) is 0.827. The van der Waals surface area contributed by atoms with Crippen LogP contribution in [0.15, 0.2) is 12.3 Å². The van der Waals surface area contributed by atoms with E-state index in [0.717, 1.165) is 6.42 Å². The molecule has 0 rings (SSSR count). The number of aliphatic hydroxyl groups is 1. The minimum absolute atomic E-state index is 0.208. The Balaban J connectivity index is 2.91. The van der Waals surface area contributed by atoms with Crippen molar-refractivity contribution >= 4 is 0 Å². The van der Waals surface area contributed by atoms with Gasteiger partial charge in [0.2, 0.25) is 0 Å². The summed E-state index contributed by atoms with van der Waals surface area (Å²) in [5.41, 5.74) is 0. The molecule has 0 saturated carbocycles. The van der Waals surface area contributed by atoms with Gasteiger partial charge in [-0.3, -0.25) is 0 Å². The maximum absolute atomic E-state index is 8.41. The second-order valence-corrected chi connectivity index (χ2v) is 2.58. The third-order valence-corrected chi connectivity index (χ3v) is 1.47. The Hall–Kier alpha value is -0.500. The maximum atomic E-state index is 8.41. The number of nitrogens with one attached hydrogen (secondary N) is 1. The van der Waals surface area contributed by atoms with Crippen LogP contribution in [-0.2, 0) is 0 Å². The summed E-state index contributed by atoms with van der Waals surface area (Å²) in [5, 5.41) is 11.4. The molecule has 2 nitrogen and oxygen atoms in total. The van der Waals surface area contributed by atoms with E-state index in [1.165, 1.54) is 19.3 Å². The minimum Gasteiger partial charge on any atom is -0.395 e. The fourth-order valence-electron chi connectivity index (χ4n) is 0.827.